The van der Waals surface area contributed by atoms with Gasteiger partial charge in [-0.15, -0.1) is 11.3 Å². The summed E-state index contributed by atoms with van der Waals surface area (Å²) in [7, 11) is 0. The first-order valence-electron chi connectivity index (χ1n) is 8.63. The largest absolute Gasteiger partial charge is 0.452 e. The van der Waals surface area contributed by atoms with Crippen molar-refractivity contribution in [2.45, 2.75) is 40.5 Å². The molecule has 0 aliphatic rings. The number of esters is 1. The van der Waals surface area contributed by atoms with Gasteiger partial charge in [0.25, 0.3) is 5.91 Å². The lowest BCUT2D eigenvalue weighted by Gasteiger charge is -2.10. The van der Waals surface area contributed by atoms with Crippen LogP contribution in [0.3, 0.4) is 0 Å². The molecular formula is C20H24N2O4S. The van der Waals surface area contributed by atoms with E-state index in [0.717, 1.165) is 10.4 Å². The SMILES string of the molecule is CC(=O)Nc1sc(C)c(C)c1C(=O)OCC(=O)Nc1ccc(C(C)C)cc1. The smallest absolute Gasteiger partial charge is 0.341 e. The van der Waals surface area contributed by atoms with E-state index in [-0.39, 0.29) is 5.91 Å². The maximum atomic E-state index is 12.4. The molecule has 0 saturated heterocycles. The van der Waals surface area contributed by atoms with Crippen LogP contribution >= 0.6 is 11.3 Å². The predicted octanol–water partition coefficient (Wildman–Crippen LogP) is 4.24. The summed E-state index contributed by atoms with van der Waals surface area (Å²) in [5, 5.41) is 5.77. The molecule has 1 aromatic carbocycles. The summed E-state index contributed by atoms with van der Waals surface area (Å²) in [6, 6.07) is 7.53. The molecule has 0 aliphatic carbocycles. The molecule has 0 fully saturated rings. The van der Waals surface area contributed by atoms with Crippen molar-refractivity contribution in [2.24, 2.45) is 0 Å². The van der Waals surface area contributed by atoms with Crippen LogP contribution in [-0.2, 0) is 14.3 Å². The highest BCUT2D eigenvalue weighted by atomic mass is 32.1. The van der Waals surface area contributed by atoms with Crippen LogP contribution in [0.2, 0.25) is 0 Å². The van der Waals surface area contributed by atoms with Crippen molar-refractivity contribution in [1.82, 2.24) is 0 Å². The van der Waals surface area contributed by atoms with Crippen LogP contribution in [-0.4, -0.2) is 24.4 Å². The van der Waals surface area contributed by atoms with Crippen LogP contribution in [0.15, 0.2) is 24.3 Å². The molecule has 27 heavy (non-hydrogen) atoms. The summed E-state index contributed by atoms with van der Waals surface area (Å²) in [5.74, 6) is -0.920. The third-order valence-corrected chi connectivity index (χ3v) is 5.20. The minimum absolute atomic E-state index is 0.270. The Balaban J connectivity index is 1.99. The van der Waals surface area contributed by atoms with Gasteiger partial charge >= 0.3 is 5.97 Å². The van der Waals surface area contributed by atoms with Crippen LogP contribution in [0.4, 0.5) is 10.7 Å². The maximum absolute atomic E-state index is 12.4. The van der Waals surface area contributed by atoms with Crippen molar-refractivity contribution >= 4 is 39.8 Å². The fourth-order valence-corrected chi connectivity index (χ4v) is 3.57. The molecule has 0 unspecified atom stereocenters. The molecule has 0 atom stereocenters. The van der Waals surface area contributed by atoms with Crippen molar-refractivity contribution in [2.75, 3.05) is 17.2 Å². The monoisotopic (exact) mass is 388 g/mol. The molecule has 144 valence electrons. The minimum atomic E-state index is -0.633. The number of anilines is 2. The second kappa shape index (κ2) is 8.81. The van der Waals surface area contributed by atoms with Crippen LogP contribution in [0.25, 0.3) is 0 Å². The van der Waals surface area contributed by atoms with Gasteiger partial charge in [-0.25, -0.2) is 4.79 Å². The summed E-state index contributed by atoms with van der Waals surface area (Å²) in [4.78, 5) is 36.7. The van der Waals surface area contributed by atoms with Crippen LogP contribution in [0, 0.1) is 13.8 Å². The van der Waals surface area contributed by atoms with E-state index in [0.29, 0.717) is 22.2 Å². The summed E-state index contributed by atoms with van der Waals surface area (Å²) in [5.41, 5.74) is 2.84. The van der Waals surface area contributed by atoms with Crippen LogP contribution < -0.4 is 10.6 Å². The number of carbonyl (C=O) groups excluding carboxylic acids is 3. The average Bonchev–Trinajstić information content (AvgIpc) is 2.86. The Morgan fingerprint density at radius 2 is 1.70 bits per heavy atom. The first-order chi connectivity index (χ1) is 12.7. The quantitative estimate of drug-likeness (QED) is 0.725. The Bertz CT molecular complexity index is 854. The maximum Gasteiger partial charge on any atom is 0.341 e. The first-order valence-corrected chi connectivity index (χ1v) is 9.45. The Hall–Kier alpha value is -2.67. The van der Waals surface area contributed by atoms with E-state index in [2.05, 4.69) is 24.5 Å². The fourth-order valence-electron chi connectivity index (χ4n) is 2.47. The van der Waals surface area contributed by atoms with Crippen molar-refractivity contribution in [3.05, 3.63) is 45.8 Å². The Labute approximate surface area is 162 Å². The average molecular weight is 388 g/mol. The van der Waals surface area contributed by atoms with Gasteiger partial charge < -0.3 is 15.4 Å². The number of benzene rings is 1. The lowest BCUT2D eigenvalue weighted by Crippen LogP contribution is -2.21. The van der Waals surface area contributed by atoms with E-state index in [4.69, 9.17) is 4.74 Å². The van der Waals surface area contributed by atoms with Crippen molar-refractivity contribution in [3.8, 4) is 0 Å². The third-order valence-electron chi connectivity index (χ3n) is 4.07. The molecule has 2 amide bonds. The summed E-state index contributed by atoms with van der Waals surface area (Å²) >= 11 is 1.30. The lowest BCUT2D eigenvalue weighted by atomic mass is 10.0. The first kappa shape index (κ1) is 20.6. The highest BCUT2D eigenvalue weighted by Crippen LogP contribution is 2.33. The molecule has 2 rings (SSSR count). The van der Waals surface area contributed by atoms with E-state index >= 15 is 0 Å². The zero-order valence-corrected chi connectivity index (χ0v) is 17.0. The number of nitrogens with one attached hydrogen (secondary N) is 2. The van der Waals surface area contributed by atoms with E-state index in [9.17, 15) is 14.4 Å². The summed E-state index contributed by atoms with van der Waals surface area (Å²) in [6.07, 6.45) is 0. The van der Waals surface area contributed by atoms with Gasteiger partial charge in [0.15, 0.2) is 6.61 Å². The van der Waals surface area contributed by atoms with E-state index < -0.39 is 18.5 Å². The second-order valence-corrected chi connectivity index (χ2v) is 7.79. The molecule has 1 aromatic heterocycles. The van der Waals surface area contributed by atoms with Gasteiger partial charge in [-0.1, -0.05) is 26.0 Å². The number of thiophene rings is 1. The lowest BCUT2D eigenvalue weighted by molar-refractivity contribution is -0.119. The molecule has 7 heteroatoms. The predicted molar refractivity (Wildman–Crippen MR) is 108 cm³/mol. The zero-order valence-electron chi connectivity index (χ0n) is 16.1. The van der Waals surface area contributed by atoms with Crippen molar-refractivity contribution in [1.29, 1.82) is 0 Å². The highest BCUT2D eigenvalue weighted by Gasteiger charge is 2.22. The minimum Gasteiger partial charge on any atom is -0.452 e. The van der Waals surface area contributed by atoms with Crippen molar-refractivity contribution in [3.63, 3.8) is 0 Å². The molecule has 6 nitrogen and oxygen atoms in total. The highest BCUT2D eigenvalue weighted by molar-refractivity contribution is 7.16. The third kappa shape index (κ3) is 5.40. The van der Waals surface area contributed by atoms with Gasteiger partial charge in [-0.3, -0.25) is 9.59 Å². The van der Waals surface area contributed by atoms with E-state index in [1.807, 2.05) is 31.2 Å². The summed E-state index contributed by atoms with van der Waals surface area (Å²) < 4.78 is 5.14. The number of amides is 2. The Kier molecular flexibility index (Phi) is 6.74. The van der Waals surface area contributed by atoms with E-state index in [1.165, 1.54) is 23.8 Å². The normalized spacial score (nSPS) is 10.6. The van der Waals surface area contributed by atoms with Crippen LogP contribution in [0.1, 0.15) is 53.1 Å². The number of rotatable bonds is 6. The molecule has 0 aliphatic heterocycles. The molecule has 0 radical (unpaired) electrons. The number of ether oxygens (including phenoxy) is 1. The Morgan fingerprint density at radius 3 is 2.26 bits per heavy atom. The van der Waals surface area contributed by atoms with Gasteiger partial charge in [0.2, 0.25) is 5.91 Å². The number of hydrogen-bond acceptors (Lipinski definition) is 5. The molecule has 2 aromatic rings. The molecular weight excluding hydrogens is 364 g/mol. The molecule has 0 saturated carbocycles. The molecule has 2 N–H and O–H groups in total. The topological polar surface area (TPSA) is 84.5 Å². The van der Waals surface area contributed by atoms with Gasteiger partial charge in [0, 0.05) is 17.5 Å². The van der Waals surface area contributed by atoms with Gasteiger partial charge in [0.05, 0.1) is 5.56 Å². The number of carbonyl (C=O) groups is 3. The standard InChI is InChI=1S/C20H24N2O4S/c1-11(2)15-6-8-16(9-7-15)22-17(24)10-26-20(25)18-12(3)13(4)27-19(18)21-14(5)23/h6-9,11H,10H2,1-5H3,(H,21,23)(H,22,24). The zero-order chi connectivity index (χ0) is 20.1. The number of hydrogen-bond donors (Lipinski definition) is 2. The van der Waals surface area contributed by atoms with Gasteiger partial charge in [-0.05, 0) is 43.0 Å². The van der Waals surface area contributed by atoms with Crippen molar-refractivity contribution < 1.29 is 19.1 Å². The fraction of sp³-hybridized carbons (Fsp3) is 0.350. The molecule has 1 heterocycles. The second-order valence-electron chi connectivity index (χ2n) is 6.57. The van der Waals surface area contributed by atoms with E-state index in [1.54, 1.807) is 6.92 Å². The molecule has 0 spiro atoms. The Morgan fingerprint density at radius 1 is 1.07 bits per heavy atom. The van der Waals surface area contributed by atoms with Gasteiger partial charge in [0.1, 0.15) is 5.00 Å². The van der Waals surface area contributed by atoms with Crippen LogP contribution in [0.5, 0.6) is 0 Å². The number of aryl methyl sites for hydroxylation is 1. The summed E-state index contributed by atoms with van der Waals surface area (Å²) in [6.45, 7) is 8.79. The van der Waals surface area contributed by atoms with Gasteiger partial charge in [-0.2, -0.15) is 0 Å². The molecule has 0 bridgehead atoms.